The van der Waals surface area contributed by atoms with E-state index in [-0.39, 0.29) is 50.4 Å². The molecule has 8 heteroatoms. The summed E-state index contributed by atoms with van der Waals surface area (Å²) in [7, 11) is 0. The monoisotopic (exact) mass is 657 g/mol. The van der Waals surface area contributed by atoms with Crippen LogP contribution in [0.5, 0.6) is 5.75 Å². The molecule has 0 spiro atoms. The number of rotatable bonds is 7. The highest BCUT2D eigenvalue weighted by Crippen LogP contribution is 2.55. The lowest BCUT2D eigenvalue weighted by molar-refractivity contribution is -0.119. The van der Waals surface area contributed by atoms with Crippen LogP contribution in [0.25, 0.3) is 0 Å². The molecule has 0 amide bonds. The van der Waals surface area contributed by atoms with Crippen LogP contribution in [-0.2, 0) is 22.7 Å². The second-order valence-electron chi connectivity index (χ2n) is 14.2. The first-order valence-corrected chi connectivity index (χ1v) is 16.3. The minimum atomic E-state index is -1.00. The van der Waals surface area contributed by atoms with Gasteiger partial charge in [0.25, 0.3) is 0 Å². The third-order valence-electron chi connectivity index (χ3n) is 9.14. The molecule has 0 aromatic heterocycles. The normalized spacial score (nSPS) is 19.2. The van der Waals surface area contributed by atoms with Gasteiger partial charge in [-0.3, -0.25) is 9.59 Å². The quantitative estimate of drug-likeness (QED) is 0.273. The fourth-order valence-corrected chi connectivity index (χ4v) is 7.73. The average Bonchev–Trinajstić information content (AvgIpc) is 2.97. The number of allylic oxidation sites excluding steroid dienone is 4. The molecule has 0 unspecified atom stereocenters. The van der Waals surface area contributed by atoms with Gasteiger partial charge in [0.1, 0.15) is 6.61 Å². The van der Waals surface area contributed by atoms with Crippen molar-refractivity contribution >= 4 is 40.7 Å². The number of carbonyl (C=O) groups excluding carboxylic acids is 2. The summed E-state index contributed by atoms with van der Waals surface area (Å²) in [5.41, 5.74) is 5.50. The van der Waals surface area contributed by atoms with Gasteiger partial charge in [-0.2, -0.15) is 0 Å². The van der Waals surface area contributed by atoms with Crippen LogP contribution in [0.1, 0.15) is 86.3 Å². The van der Waals surface area contributed by atoms with Crippen LogP contribution in [0.15, 0.2) is 89.3 Å². The Morgan fingerprint density at radius 1 is 0.804 bits per heavy atom. The fourth-order valence-electron chi connectivity index (χ4n) is 7.12. The van der Waals surface area contributed by atoms with Crippen LogP contribution >= 0.6 is 23.2 Å². The molecule has 238 valence electrons. The summed E-state index contributed by atoms with van der Waals surface area (Å²) in [5, 5.41) is 9.72. The molecule has 0 fully saturated rings. The van der Waals surface area contributed by atoms with Crippen molar-refractivity contribution in [3.8, 4) is 5.75 Å². The van der Waals surface area contributed by atoms with Gasteiger partial charge >= 0.3 is 5.97 Å². The van der Waals surface area contributed by atoms with E-state index in [0.29, 0.717) is 48.9 Å². The molecule has 0 saturated carbocycles. The highest BCUT2D eigenvalue weighted by atomic mass is 35.5. The van der Waals surface area contributed by atoms with Crippen molar-refractivity contribution in [3.05, 3.63) is 122 Å². The van der Waals surface area contributed by atoms with E-state index in [2.05, 4.69) is 44.7 Å². The van der Waals surface area contributed by atoms with Gasteiger partial charge in [-0.05, 0) is 64.6 Å². The van der Waals surface area contributed by atoms with E-state index in [1.54, 1.807) is 24.3 Å². The van der Waals surface area contributed by atoms with Gasteiger partial charge in [-0.1, -0.05) is 93.4 Å². The Labute approximate surface area is 279 Å². The summed E-state index contributed by atoms with van der Waals surface area (Å²) in [6, 6.07) is 20.1. The van der Waals surface area contributed by atoms with Crippen molar-refractivity contribution in [2.75, 3.05) is 0 Å². The van der Waals surface area contributed by atoms with E-state index in [4.69, 9.17) is 27.9 Å². The highest BCUT2D eigenvalue weighted by Gasteiger charge is 2.49. The Morgan fingerprint density at radius 2 is 1.33 bits per heavy atom. The lowest BCUT2D eigenvalue weighted by atomic mass is 9.63. The average molecular weight is 659 g/mol. The Morgan fingerprint density at radius 3 is 1.83 bits per heavy atom. The van der Waals surface area contributed by atoms with Crippen molar-refractivity contribution in [1.29, 1.82) is 0 Å². The van der Waals surface area contributed by atoms with Gasteiger partial charge in [0, 0.05) is 47.8 Å². The Kier molecular flexibility index (Phi) is 8.41. The zero-order valence-corrected chi connectivity index (χ0v) is 28.0. The summed E-state index contributed by atoms with van der Waals surface area (Å²) in [4.78, 5) is 41.8. The Bertz CT molecular complexity index is 1730. The molecule has 1 N–H and O–H groups in total. The first kappa shape index (κ1) is 32.1. The summed E-state index contributed by atoms with van der Waals surface area (Å²) >= 11 is 13.7. The third-order valence-corrected chi connectivity index (χ3v) is 9.70. The van der Waals surface area contributed by atoms with Crippen molar-refractivity contribution in [2.45, 2.75) is 72.4 Å². The lowest BCUT2D eigenvalue weighted by Crippen LogP contribution is -2.44. The van der Waals surface area contributed by atoms with Crippen LogP contribution in [-0.4, -0.2) is 27.5 Å². The number of hydrogen-bond acceptors (Lipinski definition) is 5. The number of ether oxygens (including phenoxy) is 1. The predicted octanol–water partition coefficient (Wildman–Crippen LogP) is 9.16. The third kappa shape index (κ3) is 6.25. The smallest absolute Gasteiger partial charge is 0.335 e. The molecule has 0 atom stereocenters. The van der Waals surface area contributed by atoms with Gasteiger partial charge in [-0.15, -0.1) is 0 Å². The van der Waals surface area contributed by atoms with E-state index >= 15 is 0 Å². The number of carboxylic acids is 1. The molecule has 0 bridgehead atoms. The molecule has 1 heterocycles. The maximum atomic E-state index is 14.2. The van der Waals surface area contributed by atoms with Crippen LogP contribution in [0, 0.1) is 10.8 Å². The summed E-state index contributed by atoms with van der Waals surface area (Å²) < 4.78 is 6.01. The maximum absolute atomic E-state index is 14.2. The van der Waals surface area contributed by atoms with Crippen molar-refractivity contribution < 1.29 is 24.2 Å². The molecule has 2 aliphatic carbocycles. The fraction of sp³-hybridized carbons (Fsp3) is 0.342. The van der Waals surface area contributed by atoms with Crippen molar-refractivity contribution in [1.82, 2.24) is 4.90 Å². The molecule has 46 heavy (non-hydrogen) atoms. The molecule has 1 aliphatic heterocycles. The molecular weight excluding hydrogens is 621 g/mol. The molecular formula is C38H37Cl2NO5. The SMILES string of the molecule is CC1(C)CC(=O)C2=C(C1)N(Cc1ccccc1)C1=C(C(=O)CC(C)(C)C1)C2c1cc(Cl)c(OCc2ccc(C(=O)O)cc2)c(Cl)c1. The standard InChI is InChI=1S/C38H37Cl2NO5/c1-37(2)16-28-33(30(42)18-37)32(34-29(17-38(3,4)19-31(34)43)41(28)20-22-8-6-5-7-9-22)25-14-26(39)35(27(40)15-25)46-21-23-10-12-24(13-11-23)36(44)45/h5-15,32H,16-21H2,1-4H3,(H,44,45). The minimum absolute atomic E-state index is 0.0378. The zero-order valence-electron chi connectivity index (χ0n) is 26.5. The van der Waals surface area contributed by atoms with Gasteiger partial charge < -0.3 is 14.7 Å². The predicted molar refractivity (Wildman–Crippen MR) is 179 cm³/mol. The zero-order chi connectivity index (χ0) is 33.0. The second-order valence-corrected chi connectivity index (χ2v) is 15.0. The molecule has 6 nitrogen and oxygen atoms in total. The maximum Gasteiger partial charge on any atom is 0.335 e. The Balaban J connectivity index is 1.44. The van der Waals surface area contributed by atoms with Crippen LogP contribution < -0.4 is 4.74 Å². The lowest BCUT2D eigenvalue weighted by Gasteiger charge is -2.49. The number of halogens is 2. The molecule has 3 aromatic carbocycles. The number of benzene rings is 3. The summed E-state index contributed by atoms with van der Waals surface area (Å²) in [5.74, 6) is -1.23. The largest absolute Gasteiger partial charge is 0.486 e. The van der Waals surface area contributed by atoms with Crippen molar-refractivity contribution in [3.63, 3.8) is 0 Å². The molecule has 0 saturated heterocycles. The number of Topliss-reactive ketones (excluding diaryl/α,β-unsaturated/α-hetero) is 2. The first-order valence-electron chi connectivity index (χ1n) is 15.5. The molecule has 6 rings (SSSR count). The first-order chi connectivity index (χ1) is 21.7. The van der Waals surface area contributed by atoms with Gasteiger partial charge in [-0.25, -0.2) is 4.79 Å². The van der Waals surface area contributed by atoms with E-state index in [0.717, 1.165) is 22.5 Å². The molecule has 3 aliphatic rings. The van der Waals surface area contributed by atoms with E-state index in [1.807, 2.05) is 18.2 Å². The second kappa shape index (κ2) is 12.1. The number of hydrogen-bond donors (Lipinski definition) is 1. The minimum Gasteiger partial charge on any atom is -0.486 e. The number of aromatic carboxylic acids is 1. The van der Waals surface area contributed by atoms with Gasteiger partial charge in [0.2, 0.25) is 0 Å². The van der Waals surface area contributed by atoms with Gasteiger partial charge in [0.15, 0.2) is 17.3 Å². The number of carbonyl (C=O) groups is 3. The Hall–Kier alpha value is -3.87. The van der Waals surface area contributed by atoms with E-state index < -0.39 is 11.9 Å². The van der Waals surface area contributed by atoms with Crippen LogP contribution in [0.2, 0.25) is 10.0 Å². The summed E-state index contributed by atoms with van der Waals surface area (Å²) in [6.07, 6.45) is 2.17. The highest BCUT2D eigenvalue weighted by molar-refractivity contribution is 6.37. The molecule has 0 radical (unpaired) electrons. The van der Waals surface area contributed by atoms with Crippen LogP contribution in [0.3, 0.4) is 0 Å². The molecule has 3 aromatic rings. The van der Waals surface area contributed by atoms with Crippen LogP contribution in [0.4, 0.5) is 0 Å². The van der Waals surface area contributed by atoms with Crippen molar-refractivity contribution in [2.24, 2.45) is 10.8 Å². The number of ketones is 2. The van der Waals surface area contributed by atoms with E-state index in [1.165, 1.54) is 12.1 Å². The van der Waals surface area contributed by atoms with Gasteiger partial charge in [0.05, 0.1) is 15.6 Å². The topological polar surface area (TPSA) is 83.9 Å². The number of carboxylic acid groups (broad SMARTS) is 1. The number of nitrogens with zero attached hydrogens (tertiary/aromatic N) is 1. The summed E-state index contributed by atoms with van der Waals surface area (Å²) in [6.45, 7) is 9.19. The van der Waals surface area contributed by atoms with E-state index in [9.17, 15) is 19.5 Å².